The molecule has 86 valence electrons. The molecule has 3 nitrogen and oxygen atoms in total. The maximum absolute atomic E-state index is 11.4. The summed E-state index contributed by atoms with van der Waals surface area (Å²) in [5, 5.41) is 0. The predicted molar refractivity (Wildman–Crippen MR) is 57.1 cm³/mol. The Labute approximate surface area is 91.2 Å². The number of ether oxygens (including phenoxy) is 1. The molecule has 1 fully saturated rings. The van der Waals surface area contributed by atoms with Gasteiger partial charge in [-0.2, -0.15) is 0 Å². The van der Waals surface area contributed by atoms with Crippen LogP contribution in [0.25, 0.3) is 0 Å². The molecule has 0 saturated carbocycles. The molecule has 3 atom stereocenters. The maximum Gasteiger partial charge on any atom is 0.317 e. The van der Waals surface area contributed by atoms with Gasteiger partial charge in [0.25, 0.3) is 0 Å². The van der Waals surface area contributed by atoms with Gasteiger partial charge < -0.3 is 4.74 Å². The van der Waals surface area contributed by atoms with E-state index in [-0.39, 0.29) is 23.8 Å². The summed E-state index contributed by atoms with van der Waals surface area (Å²) in [5.41, 5.74) is 0. The molecule has 1 aliphatic rings. The molecule has 3 heteroatoms. The fourth-order valence-electron chi connectivity index (χ4n) is 2.04. The predicted octanol–water partition coefficient (Wildman–Crippen LogP) is 2.54. The van der Waals surface area contributed by atoms with Crippen molar-refractivity contribution in [2.24, 2.45) is 17.8 Å². The molecule has 0 aliphatic carbocycles. The zero-order valence-electron chi connectivity index (χ0n) is 9.79. The van der Waals surface area contributed by atoms with Gasteiger partial charge in [-0.05, 0) is 12.3 Å². The van der Waals surface area contributed by atoms with Crippen LogP contribution in [0.3, 0.4) is 0 Å². The fraction of sp³-hybridized carbons (Fsp3) is 0.833. The number of rotatable bonds is 5. The van der Waals surface area contributed by atoms with E-state index < -0.39 is 0 Å². The van der Waals surface area contributed by atoms with Crippen molar-refractivity contribution in [1.29, 1.82) is 0 Å². The van der Waals surface area contributed by atoms with E-state index in [9.17, 15) is 9.59 Å². The minimum atomic E-state index is -0.354. The first kappa shape index (κ1) is 12.2. The Kier molecular flexibility index (Phi) is 4.30. The van der Waals surface area contributed by atoms with Gasteiger partial charge in [0.05, 0.1) is 11.8 Å². The molecular weight excluding hydrogens is 192 g/mol. The van der Waals surface area contributed by atoms with Crippen molar-refractivity contribution in [3.63, 3.8) is 0 Å². The first-order valence-electron chi connectivity index (χ1n) is 5.81. The second-order valence-electron chi connectivity index (χ2n) is 4.62. The van der Waals surface area contributed by atoms with Gasteiger partial charge in [0.15, 0.2) is 0 Å². The van der Waals surface area contributed by atoms with E-state index in [1.54, 1.807) is 6.92 Å². The van der Waals surface area contributed by atoms with Gasteiger partial charge in [0.1, 0.15) is 0 Å². The number of hydrogen-bond donors (Lipinski definition) is 0. The van der Waals surface area contributed by atoms with Crippen LogP contribution in [-0.4, -0.2) is 11.9 Å². The molecule has 1 heterocycles. The number of carbonyl (C=O) groups is 2. The zero-order valence-corrected chi connectivity index (χ0v) is 9.79. The standard InChI is InChI=1S/C12H20O3/c1-4-5-6-8(2)7-10-9(3)11(13)15-12(10)14/h8-10H,4-7H2,1-3H3. The highest BCUT2D eigenvalue weighted by Crippen LogP contribution is 2.30. The molecular formula is C12H20O3. The summed E-state index contributed by atoms with van der Waals surface area (Å²) >= 11 is 0. The van der Waals surface area contributed by atoms with E-state index in [1.807, 2.05) is 0 Å². The minimum Gasteiger partial charge on any atom is -0.393 e. The zero-order chi connectivity index (χ0) is 11.4. The number of cyclic esters (lactones) is 2. The average Bonchev–Trinajstić information content (AvgIpc) is 2.42. The number of esters is 2. The Hall–Kier alpha value is -0.860. The van der Waals surface area contributed by atoms with E-state index in [1.165, 1.54) is 12.8 Å². The molecule has 0 aromatic carbocycles. The Bertz CT molecular complexity index is 247. The number of unbranched alkanes of at least 4 members (excludes halogenated alkanes) is 1. The van der Waals surface area contributed by atoms with Crippen molar-refractivity contribution in [2.75, 3.05) is 0 Å². The van der Waals surface area contributed by atoms with E-state index in [0.717, 1.165) is 12.8 Å². The second kappa shape index (κ2) is 5.29. The maximum atomic E-state index is 11.4. The molecule has 3 unspecified atom stereocenters. The van der Waals surface area contributed by atoms with Crippen LogP contribution < -0.4 is 0 Å². The molecule has 0 radical (unpaired) electrons. The Balaban J connectivity index is 2.43. The van der Waals surface area contributed by atoms with Crippen molar-refractivity contribution in [1.82, 2.24) is 0 Å². The third kappa shape index (κ3) is 3.05. The molecule has 0 aromatic rings. The first-order valence-corrected chi connectivity index (χ1v) is 5.81. The lowest BCUT2D eigenvalue weighted by atomic mass is 9.86. The van der Waals surface area contributed by atoms with Crippen molar-refractivity contribution in [3.05, 3.63) is 0 Å². The smallest absolute Gasteiger partial charge is 0.317 e. The largest absolute Gasteiger partial charge is 0.393 e. The fourth-order valence-corrected chi connectivity index (χ4v) is 2.04. The third-order valence-corrected chi connectivity index (χ3v) is 3.19. The number of carbonyl (C=O) groups excluding carboxylic acids is 2. The first-order chi connectivity index (χ1) is 7.06. The van der Waals surface area contributed by atoms with Crippen molar-refractivity contribution in [3.8, 4) is 0 Å². The molecule has 0 bridgehead atoms. The SMILES string of the molecule is CCCCC(C)CC1C(=O)OC(=O)C1C. The monoisotopic (exact) mass is 212 g/mol. The van der Waals surface area contributed by atoms with E-state index in [2.05, 4.69) is 18.6 Å². The van der Waals surface area contributed by atoms with Crippen molar-refractivity contribution >= 4 is 11.9 Å². The second-order valence-corrected chi connectivity index (χ2v) is 4.62. The average molecular weight is 212 g/mol. The minimum absolute atomic E-state index is 0.204. The summed E-state index contributed by atoms with van der Waals surface area (Å²) in [4.78, 5) is 22.5. The Morgan fingerprint density at radius 1 is 1.33 bits per heavy atom. The summed E-state index contributed by atoms with van der Waals surface area (Å²) in [6.45, 7) is 6.08. The summed E-state index contributed by atoms with van der Waals surface area (Å²) in [5.74, 6) is -0.634. The quantitative estimate of drug-likeness (QED) is 0.519. The van der Waals surface area contributed by atoms with Crippen LogP contribution in [0, 0.1) is 17.8 Å². The molecule has 1 saturated heterocycles. The molecule has 15 heavy (non-hydrogen) atoms. The van der Waals surface area contributed by atoms with Crippen molar-refractivity contribution in [2.45, 2.75) is 46.5 Å². The van der Waals surface area contributed by atoms with Crippen LogP contribution in [0.1, 0.15) is 46.5 Å². The van der Waals surface area contributed by atoms with Crippen LogP contribution in [-0.2, 0) is 14.3 Å². The Morgan fingerprint density at radius 2 is 2.00 bits per heavy atom. The van der Waals surface area contributed by atoms with Gasteiger partial charge in [-0.3, -0.25) is 9.59 Å². The van der Waals surface area contributed by atoms with Gasteiger partial charge in [-0.15, -0.1) is 0 Å². The van der Waals surface area contributed by atoms with Crippen molar-refractivity contribution < 1.29 is 14.3 Å². The van der Waals surface area contributed by atoms with Gasteiger partial charge >= 0.3 is 11.9 Å². The van der Waals surface area contributed by atoms with E-state index in [0.29, 0.717) is 5.92 Å². The van der Waals surface area contributed by atoms with Gasteiger partial charge in [-0.1, -0.05) is 40.0 Å². The van der Waals surface area contributed by atoms with Gasteiger partial charge in [0.2, 0.25) is 0 Å². The Morgan fingerprint density at radius 3 is 2.47 bits per heavy atom. The van der Waals surface area contributed by atoms with E-state index >= 15 is 0 Å². The highest BCUT2D eigenvalue weighted by molar-refractivity contribution is 5.96. The lowest BCUT2D eigenvalue weighted by Crippen LogP contribution is -2.17. The molecule has 0 spiro atoms. The highest BCUT2D eigenvalue weighted by atomic mass is 16.6. The summed E-state index contributed by atoms with van der Waals surface area (Å²) in [7, 11) is 0. The van der Waals surface area contributed by atoms with Crippen LogP contribution in [0.2, 0.25) is 0 Å². The van der Waals surface area contributed by atoms with Crippen LogP contribution >= 0.6 is 0 Å². The molecule has 1 aliphatic heterocycles. The molecule has 1 rings (SSSR count). The summed E-state index contributed by atoms with van der Waals surface area (Å²) in [6, 6.07) is 0. The highest BCUT2D eigenvalue weighted by Gasteiger charge is 2.41. The lowest BCUT2D eigenvalue weighted by Gasteiger charge is -2.15. The summed E-state index contributed by atoms with van der Waals surface area (Å²) < 4.78 is 4.61. The third-order valence-electron chi connectivity index (χ3n) is 3.19. The van der Waals surface area contributed by atoms with Crippen LogP contribution in [0.15, 0.2) is 0 Å². The van der Waals surface area contributed by atoms with Crippen LogP contribution in [0.4, 0.5) is 0 Å². The molecule has 0 aromatic heterocycles. The van der Waals surface area contributed by atoms with Gasteiger partial charge in [0, 0.05) is 0 Å². The molecule has 0 amide bonds. The normalized spacial score (nSPS) is 27.9. The topological polar surface area (TPSA) is 43.4 Å². The van der Waals surface area contributed by atoms with Gasteiger partial charge in [-0.25, -0.2) is 0 Å². The molecule has 0 N–H and O–H groups in total. The number of hydrogen-bond acceptors (Lipinski definition) is 3. The lowest BCUT2D eigenvalue weighted by molar-refractivity contribution is -0.153. The van der Waals surface area contributed by atoms with E-state index in [4.69, 9.17) is 0 Å². The summed E-state index contributed by atoms with van der Waals surface area (Å²) in [6.07, 6.45) is 4.27. The van der Waals surface area contributed by atoms with Crippen LogP contribution in [0.5, 0.6) is 0 Å².